The molecular weight excluding hydrogens is 296 g/mol. The fraction of sp³-hybridized carbons (Fsp3) is 0.412. The summed E-state index contributed by atoms with van der Waals surface area (Å²) in [4.78, 5) is 5.48. The molecule has 5 heteroatoms. The fourth-order valence-electron chi connectivity index (χ4n) is 2.91. The number of thiophene rings is 1. The van der Waals surface area contributed by atoms with E-state index >= 15 is 0 Å². The Morgan fingerprint density at radius 2 is 2.27 bits per heavy atom. The Hall–Kier alpha value is -1.90. The van der Waals surface area contributed by atoms with Gasteiger partial charge in [0, 0.05) is 22.2 Å². The minimum Gasteiger partial charge on any atom is -0.506 e. The van der Waals surface area contributed by atoms with Gasteiger partial charge < -0.3 is 9.84 Å². The Morgan fingerprint density at radius 3 is 2.86 bits per heavy atom. The van der Waals surface area contributed by atoms with Crippen molar-refractivity contribution in [2.24, 2.45) is 5.92 Å². The number of nitrogens with zero attached hydrogens (tertiary/aromatic N) is 2. The van der Waals surface area contributed by atoms with E-state index < -0.39 is 11.5 Å². The van der Waals surface area contributed by atoms with Crippen molar-refractivity contribution in [1.29, 1.82) is 5.26 Å². The second-order valence-corrected chi connectivity index (χ2v) is 6.98. The Morgan fingerprint density at radius 1 is 1.50 bits per heavy atom. The van der Waals surface area contributed by atoms with Gasteiger partial charge in [0.05, 0.1) is 24.3 Å². The quantitative estimate of drug-likeness (QED) is 0.933. The third kappa shape index (κ3) is 2.11. The number of fused-ring (bicyclic) bond motifs is 1. The van der Waals surface area contributed by atoms with Gasteiger partial charge in [0.1, 0.15) is 11.4 Å². The summed E-state index contributed by atoms with van der Waals surface area (Å²) in [6, 6.07) is 6.25. The Labute approximate surface area is 134 Å². The topological polar surface area (TPSA) is 66.1 Å². The molecule has 0 radical (unpaired) electrons. The summed E-state index contributed by atoms with van der Waals surface area (Å²) in [5.74, 6) is -0.218. The molecule has 2 atom stereocenters. The van der Waals surface area contributed by atoms with E-state index in [-0.39, 0.29) is 11.7 Å². The number of rotatable bonds is 3. The minimum absolute atomic E-state index is 0.0902. The van der Waals surface area contributed by atoms with E-state index in [4.69, 9.17) is 4.74 Å². The molecule has 0 spiro atoms. The molecule has 0 aliphatic carbocycles. The summed E-state index contributed by atoms with van der Waals surface area (Å²) >= 11 is 1.62. The van der Waals surface area contributed by atoms with Gasteiger partial charge in [0.15, 0.2) is 0 Å². The predicted octanol–water partition coefficient (Wildman–Crippen LogP) is 3.91. The standard InChI is InChI=1S/C17H18N2O2S/c1-10(2)11(7-18)15-16(20)12-9-21-17(3,13(12)8-19-15)14-5-4-6-22-14/h4-6,8,10-11,20H,9H2,1-3H3. The van der Waals surface area contributed by atoms with Crippen LogP contribution in [0, 0.1) is 17.2 Å². The van der Waals surface area contributed by atoms with Gasteiger partial charge in [-0.1, -0.05) is 19.9 Å². The van der Waals surface area contributed by atoms with Crippen molar-refractivity contribution in [3.8, 4) is 11.8 Å². The van der Waals surface area contributed by atoms with Crippen molar-refractivity contribution in [2.45, 2.75) is 38.9 Å². The van der Waals surface area contributed by atoms with Crippen LogP contribution in [0.25, 0.3) is 0 Å². The minimum atomic E-state index is -0.577. The highest BCUT2D eigenvalue weighted by Gasteiger charge is 2.41. The molecule has 0 bridgehead atoms. The molecule has 0 saturated heterocycles. The van der Waals surface area contributed by atoms with E-state index in [1.165, 1.54) is 0 Å². The van der Waals surface area contributed by atoms with Gasteiger partial charge in [-0.25, -0.2) is 0 Å². The number of hydrogen-bond acceptors (Lipinski definition) is 5. The smallest absolute Gasteiger partial charge is 0.144 e. The number of aromatic nitrogens is 1. The second kappa shape index (κ2) is 5.38. The summed E-state index contributed by atoms with van der Waals surface area (Å²) in [5, 5.41) is 22.0. The van der Waals surface area contributed by atoms with Crippen LogP contribution in [0.2, 0.25) is 0 Å². The van der Waals surface area contributed by atoms with E-state index in [0.717, 1.165) is 16.0 Å². The zero-order valence-corrected chi connectivity index (χ0v) is 13.6. The van der Waals surface area contributed by atoms with Crippen molar-refractivity contribution in [1.82, 2.24) is 4.98 Å². The van der Waals surface area contributed by atoms with Crippen molar-refractivity contribution >= 4 is 11.3 Å². The predicted molar refractivity (Wildman–Crippen MR) is 84.7 cm³/mol. The van der Waals surface area contributed by atoms with Crippen LogP contribution in [-0.4, -0.2) is 10.1 Å². The lowest BCUT2D eigenvalue weighted by Gasteiger charge is -2.23. The molecule has 2 aromatic rings. The molecule has 1 N–H and O–H groups in total. The van der Waals surface area contributed by atoms with Crippen molar-refractivity contribution in [2.75, 3.05) is 0 Å². The van der Waals surface area contributed by atoms with Gasteiger partial charge >= 0.3 is 0 Å². The third-order valence-corrected chi connectivity index (χ3v) is 5.37. The maximum Gasteiger partial charge on any atom is 0.144 e. The maximum atomic E-state index is 10.6. The van der Waals surface area contributed by atoms with E-state index in [1.54, 1.807) is 17.5 Å². The van der Waals surface area contributed by atoms with Crippen LogP contribution in [-0.2, 0) is 16.9 Å². The van der Waals surface area contributed by atoms with Crippen molar-refractivity contribution < 1.29 is 9.84 Å². The molecule has 22 heavy (non-hydrogen) atoms. The number of aromatic hydroxyl groups is 1. The lowest BCUT2D eigenvalue weighted by molar-refractivity contribution is 0.0120. The van der Waals surface area contributed by atoms with Gasteiger partial charge in [-0.2, -0.15) is 5.26 Å². The first-order valence-electron chi connectivity index (χ1n) is 7.27. The molecule has 0 saturated carbocycles. The largest absolute Gasteiger partial charge is 0.506 e. The Kier molecular flexibility index (Phi) is 3.67. The molecule has 3 rings (SSSR count). The van der Waals surface area contributed by atoms with Gasteiger partial charge in [-0.05, 0) is 24.3 Å². The van der Waals surface area contributed by atoms with Crippen LogP contribution in [0.5, 0.6) is 5.75 Å². The number of pyridine rings is 1. The molecule has 114 valence electrons. The van der Waals surface area contributed by atoms with Gasteiger partial charge in [-0.15, -0.1) is 11.3 Å². The maximum absolute atomic E-state index is 10.6. The summed E-state index contributed by atoms with van der Waals surface area (Å²) in [6.07, 6.45) is 1.75. The van der Waals surface area contributed by atoms with E-state index in [2.05, 4.69) is 11.1 Å². The van der Waals surface area contributed by atoms with Crippen LogP contribution in [0.1, 0.15) is 48.4 Å². The molecule has 2 unspecified atom stereocenters. The molecule has 1 aliphatic heterocycles. The van der Waals surface area contributed by atoms with Crippen LogP contribution in [0.15, 0.2) is 23.7 Å². The fourth-order valence-corrected chi connectivity index (χ4v) is 3.77. The normalized spacial score (nSPS) is 21.6. The van der Waals surface area contributed by atoms with Crippen molar-refractivity contribution in [3.05, 3.63) is 45.4 Å². The van der Waals surface area contributed by atoms with E-state index in [1.807, 2.05) is 38.3 Å². The lowest BCUT2D eigenvalue weighted by atomic mass is 9.89. The molecule has 3 heterocycles. The Balaban J connectivity index is 2.11. The first kappa shape index (κ1) is 15.0. The van der Waals surface area contributed by atoms with Gasteiger partial charge in [-0.3, -0.25) is 4.98 Å². The molecule has 0 aromatic carbocycles. The summed E-state index contributed by atoms with van der Waals surface area (Å²) < 4.78 is 5.99. The molecule has 0 amide bonds. The average molecular weight is 314 g/mol. The summed E-state index contributed by atoms with van der Waals surface area (Å²) in [7, 11) is 0. The van der Waals surface area contributed by atoms with Crippen LogP contribution < -0.4 is 0 Å². The Bertz CT molecular complexity index is 734. The molecule has 1 aliphatic rings. The number of nitriles is 1. The van der Waals surface area contributed by atoms with Gasteiger partial charge in [0.25, 0.3) is 0 Å². The van der Waals surface area contributed by atoms with Crippen LogP contribution in [0.3, 0.4) is 0 Å². The SMILES string of the molecule is CC(C)C(C#N)c1ncc2c(c1O)COC2(C)c1cccs1. The molecule has 0 fully saturated rings. The highest BCUT2D eigenvalue weighted by atomic mass is 32.1. The highest BCUT2D eigenvalue weighted by Crippen LogP contribution is 2.47. The summed E-state index contributed by atoms with van der Waals surface area (Å²) in [6.45, 7) is 6.24. The first-order valence-corrected chi connectivity index (χ1v) is 8.15. The lowest BCUT2D eigenvalue weighted by Crippen LogP contribution is -2.21. The number of hydrogen-bond donors (Lipinski definition) is 1. The highest BCUT2D eigenvalue weighted by molar-refractivity contribution is 7.10. The van der Waals surface area contributed by atoms with Crippen molar-refractivity contribution in [3.63, 3.8) is 0 Å². The molecule has 2 aromatic heterocycles. The summed E-state index contributed by atoms with van der Waals surface area (Å²) in [5.41, 5.74) is 1.51. The number of ether oxygens (including phenoxy) is 1. The monoisotopic (exact) mass is 314 g/mol. The van der Waals surface area contributed by atoms with Crippen LogP contribution >= 0.6 is 11.3 Å². The molecular formula is C17H18N2O2S. The third-order valence-electron chi connectivity index (χ3n) is 4.30. The van der Waals surface area contributed by atoms with Gasteiger partial charge in [0.2, 0.25) is 0 Å². The van der Waals surface area contributed by atoms with Crippen LogP contribution in [0.4, 0.5) is 0 Å². The van der Waals surface area contributed by atoms with E-state index in [9.17, 15) is 10.4 Å². The zero-order chi connectivity index (χ0) is 15.9. The molecule has 4 nitrogen and oxygen atoms in total. The zero-order valence-electron chi connectivity index (χ0n) is 12.8. The second-order valence-electron chi connectivity index (χ2n) is 6.03. The average Bonchev–Trinajstić information content (AvgIpc) is 3.11. The first-order chi connectivity index (χ1) is 10.5. The van der Waals surface area contributed by atoms with E-state index in [0.29, 0.717) is 12.3 Å².